The van der Waals surface area contributed by atoms with Crippen molar-refractivity contribution in [2.45, 2.75) is 26.2 Å². The third-order valence-electron chi connectivity index (χ3n) is 3.80. The Morgan fingerprint density at radius 3 is 2.52 bits per heavy atom. The fraction of sp³-hybridized carbons (Fsp3) is 0.250. The van der Waals surface area contributed by atoms with Gasteiger partial charge in [-0.3, -0.25) is 4.79 Å². The number of nitrogens with zero attached hydrogens (tertiary/aromatic N) is 2. The standard InChI is InChI=1S/C20H21N3O3S/c1-20(2,3)16-12-17(23(22-16)14-8-5-4-6-9-14)21-18(24)13-26-19(25)15-10-7-11-27-15/h4-12H,13H2,1-3H3,(H,21,24). The summed E-state index contributed by atoms with van der Waals surface area (Å²) in [5, 5.41) is 9.21. The van der Waals surface area contributed by atoms with Gasteiger partial charge < -0.3 is 10.1 Å². The fourth-order valence-corrected chi connectivity index (χ4v) is 2.99. The molecule has 1 aromatic carbocycles. The van der Waals surface area contributed by atoms with Crippen LogP contribution in [0.3, 0.4) is 0 Å². The molecule has 140 valence electrons. The van der Waals surface area contributed by atoms with E-state index < -0.39 is 11.9 Å². The highest BCUT2D eigenvalue weighted by molar-refractivity contribution is 7.11. The molecule has 2 heterocycles. The van der Waals surface area contributed by atoms with Gasteiger partial charge >= 0.3 is 5.97 Å². The molecule has 0 atom stereocenters. The first kappa shape index (κ1) is 18.8. The predicted octanol–water partition coefficient (Wildman–Crippen LogP) is 4.03. The number of amides is 1. The number of hydrogen-bond donors (Lipinski definition) is 1. The molecule has 0 aliphatic carbocycles. The lowest BCUT2D eigenvalue weighted by Crippen LogP contribution is -2.22. The van der Waals surface area contributed by atoms with Gasteiger partial charge in [-0.2, -0.15) is 5.10 Å². The van der Waals surface area contributed by atoms with Crippen LogP contribution >= 0.6 is 11.3 Å². The minimum Gasteiger partial charge on any atom is -0.451 e. The van der Waals surface area contributed by atoms with E-state index in [9.17, 15) is 9.59 Å². The Labute approximate surface area is 161 Å². The molecule has 2 aromatic heterocycles. The van der Waals surface area contributed by atoms with Gasteiger partial charge in [0.05, 0.1) is 11.4 Å². The summed E-state index contributed by atoms with van der Waals surface area (Å²) >= 11 is 1.27. The van der Waals surface area contributed by atoms with Gasteiger partial charge in [-0.1, -0.05) is 45.0 Å². The van der Waals surface area contributed by atoms with E-state index in [-0.39, 0.29) is 12.0 Å². The SMILES string of the molecule is CC(C)(C)c1cc(NC(=O)COC(=O)c2cccs2)n(-c2ccccc2)n1. The van der Waals surface area contributed by atoms with Crippen molar-refractivity contribution in [2.75, 3.05) is 11.9 Å². The summed E-state index contributed by atoms with van der Waals surface area (Å²) in [4.78, 5) is 24.6. The van der Waals surface area contributed by atoms with E-state index in [0.717, 1.165) is 11.4 Å². The summed E-state index contributed by atoms with van der Waals surface area (Å²) < 4.78 is 6.75. The first-order valence-electron chi connectivity index (χ1n) is 8.51. The number of rotatable bonds is 5. The molecule has 3 rings (SSSR count). The zero-order valence-corrected chi connectivity index (χ0v) is 16.2. The number of para-hydroxylation sites is 1. The first-order valence-corrected chi connectivity index (χ1v) is 9.39. The minimum atomic E-state index is -0.507. The number of aromatic nitrogens is 2. The number of carbonyl (C=O) groups excluding carboxylic acids is 2. The van der Waals surface area contributed by atoms with Crippen LogP contribution in [0.5, 0.6) is 0 Å². The third kappa shape index (κ3) is 4.62. The van der Waals surface area contributed by atoms with Crippen LogP contribution in [0.1, 0.15) is 36.1 Å². The van der Waals surface area contributed by atoms with Crippen LogP contribution in [0, 0.1) is 0 Å². The van der Waals surface area contributed by atoms with Crippen molar-refractivity contribution in [1.82, 2.24) is 9.78 Å². The van der Waals surface area contributed by atoms with Crippen molar-refractivity contribution < 1.29 is 14.3 Å². The van der Waals surface area contributed by atoms with Gasteiger partial charge in [0.25, 0.3) is 5.91 Å². The Hall–Kier alpha value is -2.93. The highest BCUT2D eigenvalue weighted by atomic mass is 32.1. The fourth-order valence-electron chi connectivity index (χ4n) is 2.38. The molecule has 0 spiro atoms. The van der Waals surface area contributed by atoms with Crippen LogP contribution < -0.4 is 5.32 Å². The molecule has 6 nitrogen and oxygen atoms in total. The summed E-state index contributed by atoms with van der Waals surface area (Å²) in [5.41, 5.74) is 1.50. The molecular formula is C20H21N3O3S. The molecule has 0 saturated carbocycles. The van der Waals surface area contributed by atoms with E-state index in [2.05, 4.69) is 31.2 Å². The minimum absolute atomic E-state index is 0.175. The molecule has 27 heavy (non-hydrogen) atoms. The Morgan fingerprint density at radius 2 is 1.89 bits per heavy atom. The van der Waals surface area contributed by atoms with Crippen LogP contribution in [0.4, 0.5) is 5.82 Å². The van der Waals surface area contributed by atoms with Crippen LogP contribution in [0.25, 0.3) is 5.69 Å². The van der Waals surface area contributed by atoms with E-state index in [0.29, 0.717) is 10.7 Å². The largest absolute Gasteiger partial charge is 0.451 e. The number of esters is 1. The summed E-state index contributed by atoms with van der Waals surface area (Å²) in [5.74, 6) is -0.396. The number of thiophene rings is 1. The van der Waals surface area contributed by atoms with Crippen LogP contribution in [-0.2, 0) is 14.9 Å². The average Bonchev–Trinajstić information content (AvgIpc) is 3.30. The maximum Gasteiger partial charge on any atom is 0.348 e. The molecular weight excluding hydrogens is 362 g/mol. The van der Waals surface area contributed by atoms with E-state index in [1.807, 2.05) is 36.4 Å². The molecule has 0 aliphatic rings. The lowest BCUT2D eigenvalue weighted by Gasteiger charge is -2.14. The molecule has 0 radical (unpaired) electrons. The van der Waals surface area contributed by atoms with Crippen LogP contribution in [0.15, 0.2) is 53.9 Å². The Kier molecular flexibility index (Phi) is 5.41. The van der Waals surface area contributed by atoms with Gasteiger partial charge in [-0.15, -0.1) is 11.3 Å². The number of ether oxygens (including phenoxy) is 1. The van der Waals surface area contributed by atoms with Crippen molar-refractivity contribution in [3.05, 3.63) is 64.5 Å². The molecule has 1 amide bonds. The van der Waals surface area contributed by atoms with Gasteiger partial charge in [0.2, 0.25) is 0 Å². The monoisotopic (exact) mass is 383 g/mol. The Bertz CT molecular complexity index is 925. The molecule has 3 aromatic rings. The van der Waals surface area contributed by atoms with Crippen LogP contribution in [-0.4, -0.2) is 28.3 Å². The normalized spacial score (nSPS) is 11.2. The summed E-state index contributed by atoms with van der Waals surface area (Å²) in [6.45, 7) is 5.80. The lowest BCUT2D eigenvalue weighted by molar-refractivity contribution is -0.119. The zero-order valence-electron chi connectivity index (χ0n) is 15.4. The third-order valence-corrected chi connectivity index (χ3v) is 4.65. The van der Waals surface area contributed by atoms with Gasteiger partial charge in [0, 0.05) is 11.5 Å². The maximum absolute atomic E-state index is 12.3. The number of anilines is 1. The highest BCUT2D eigenvalue weighted by Gasteiger charge is 2.22. The first-order chi connectivity index (χ1) is 12.8. The second-order valence-electron chi connectivity index (χ2n) is 7.01. The number of hydrogen-bond acceptors (Lipinski definition) is 5. The second kappa shape index (κ2) is 7.75. The lowest BCUT2D eigenvalue weighted by atomic mass is 9.92. The summed E-state index contributed by atoms with van der Waals surface area (Å²) in [6.07, 6.45) is 0. The van der Waals surface area contributed by atoms with E-state index in [1.54, 1.807) is 22.2 Å². The molecule has 0 aliphatic heterocycles. The molecule has 0 unspecified atom stereocenters. The van der Waals surface area contributed by atoms with Crippen molar-refractivity contribution in [2.24, 2.45) is 0 Å². The molecule has 0 bridgehead atoms. The van der Waals surface area contributed by atoms with Crippen molar-refractivity contribution in [3.8, 4) is 5.69 Å². The second-order valence-corrected chi connectivity index (χ2v) is 7.96. The van der Waals surface area contributed by atoms with Gasteiger partial charge in [-0.05, 0) is 23.6 Å². The predicted molar refractivity (Wildman–Crippen MR) is 105 cm³/mol. The smallest absolute Gasteiger partial charge is 0.348 e. The quantitative estimate of drug-likeness (QED) is 0.675. The number of carbonyl (C=O) groups is 2. The molecule has 1 N–H and O–H groups in total. The van der Waals surface area contributed by atoms with E-state index in [4.69, 9.17) is 4.74 Å². The number of nitrogens with one attached hydrogen (secondary N) is 1. The van der Waals surface area contributed by atoms with E-state index in [1.165, 1.54) is 11.3 Å². The maximum atomic E-state index is 12.3. The van der Waals surface area contributed by atoms with Crippen LogP contribution in [0.2, 0.25) is 0 Å². The van der Waals surface area contributed by atoms with Gasteiger partial charge in [0.1, 0.15) is 10.7 Å². The summed E-state index contributed by atoms with van der Waals surface area (Å²) in [7, 11) is 0. The zero-order chi connectivity index (χ0) is 19.4. The number of benzene rings is 1. The molecule has 0 fully saturated rings. The van der Waals surface area contributed by atoms with Crippen molar-refractivity contribution in [3.63, 3.8) is 0 Å². The summed E-state index contributed by atoms with van der Waals surface area (Å²) in [6, 6.07) is 14.8. The van der Waals surface area contributed by atoms with Crippen molar-refractivity contribution >= 4 is 29.0 Å². The topological polar surface area (TPSA) is 73.2 Å². The molecule has 0 saturated heterocycles. The Morgan fingerprint density at radius 1 is 1.15 bits per heavy atom. The van der Waals surface area contributed by atoms with Crippen molar-refractivity contribution in [1.29, 1.82) is 0 Å². The highest BCUT2D eigenvalue weighted by Crippen LogP contribution is 2.26. The van der Waals surface area contributed by atoms with Gasteiger partial charge in [0.15, 0.2) is 6.61 Å². The van der Waals surface area contributed by atoms with Gasteiger partial charge in [-0.25, -0.2) is 9.48 Å². The molecule has 7 heteroatoms. The Balaban J connectivity index is 1.76. The van der Waals surface area contributed by atoms with E-state index >= 15 is 0 Å². The average molecular weight is 383 g/mol.